The van der Waals surface area contributed by atoms with Crippen molar-refractivity contribution in [2.24, 2.45) is 0 Å². The number of nitrogens with zero attached hydrogens (tertiary/aromatic N) is 3. The van der Waals surface area contributed by atoms with E-state index in [9.17, 15) is 0 Å². The van der Waals surface area contributed by atoms with Gasteiger partial charge in [-0.2, -0.15) is 0 Å². The quantitative estimate of drug-likeness (QED) is 0.169. The van der Waals surface area contributed by atoms with Gasteiger partial charge in [0.05, 0.1) is 0 Å². The lowest BCUT2D eigenvalue weighted by molar-refractivity contribution is 0.660. The number of hydrogen-bond acceptors (Lipinski definition) is 3. The van der Waals surface area contributed by atoms with E-state index in [4.69, 9.17) is 15.0 Å². The van der Waals surface area contributed by atoms with Gasteiger partial charge >= 0.3 is 0 Å². The number of fused-ring (bicyclic) bond motifs is 9. The molecule has 1 aliphatic carbocycles. The summed E-state index contributed by atoms with van der Waals surface area (Å²) in [7, 11) is -0.659. The third-order valence-corrected chi connectivity index (χ3v) is 14.8. The molecule has 0 radical (unpaired) electrons. The second-order valence-corrected chi connectivity index (χ2v) is 17.9. The van der Waals surface area contributed by atoms with E-state index in [1.165, 1.54) is 81.2 Å². The van der Waals surface area contributed by atoms with Crippen LogP contribution in [-0.4, -0.2) is 15.0 Å². The Morgan fingerprint density at radius 2 is 0.911 bits per heavy atom. The maximum absolute atomic E-state index is 5.29. The first-order chi connectivity index (χ1) is 27.3. The molecule has 3 nitrogen and oxygen atoms in total. The molecule has 10 aromatic rings. The molecule has 0 spiro atoms. The van der Waals surface area contributed by atoms with Crippen LogP contribution in [0.15, 0.2) is 158 Å². The molecule has 0 bridgehead atoms. The molecule has 56 heavy (non-hydrogen) atoms. The van der Waals surface area contributed by atoms with E-state index >= 15 is 0 Å². The topological polar surface area (TPSA) is 38.7 Å². The summed E-state index contributed by atoms with van der Waals surface area (Å²) in [5.74, 6) is 2.02. The van der Waals surface area contributed by atoms with E-state index in [2.05, 4.69) is 185 Å². The van der Waals surface area contributed by atoms with Crippen LogP contribution in [0.4, 0.5) is 0 Å². The highest BCUT2D eigenvalue weighted by Crippen LogP contribution is 2.55. The van der Waals surface area contributed by atoms with Gasteiger partial charge in [-0.15, -0.1) is 0 Å². The number of rotatable bonds is 4. The average Bonchev–Trinajstić information content (AvgIpc) is 3.70. The first-order valence-corrected chi connectivity index (χ1v) is 20.7. The molecule has 11 rings (SSSR count). The van der Waals surface area contributed by atoms with Crippen LogP contribution in [-0.2, 0) is 5.41 Å². The summed E-state index contributed by atoms with van der Waals surface area (Å²) >= 11 is 0. The van der Waals surface area contributed by atoms with Crippen LogP contribution in [0.3, 0.4) is 0 Å². The van der Waals surface area contributed by atoms with Gasteiger partial charge in [0, 0.05) is 32.3 Å². The predicted octanol–water partition coefficient (Wildman–Crippen LogP) is 14.4. The van der Waals surface area contributed by atoms with Crippen LogP contribution in [0, 0.1) is 13.8 Å². The highest BCUT2D eigenvalue weighted by molar-refractivity contribution is 7.67. The summed E-state index contributed by atoms with van der Waals surface area (Å²) in [6.07, 6.45) is 0. The molecule has 266 valence electrons. The van der Waals surface area contributed by atoms with Crippen LogP contribution >= 0.6 is 7.53 Å². The molecule has 0 aliphatic heterocycles. The van der Waals surface area contributed by atoms with Crippen LogP contribution in [0.5, 0.6) is 0 Å². The lowest BCUT2D eigenvalue weighted by atomic mass is 9.82. The van der Waals surface area contributed by atoms with Crippen LogP contribution in [0.25, 0.3) is 93.1 Å². The first kappa shape index (κ1) is 33.0. The lowest BCUT2D eigenvalue weighted by Crippen LogP contribution is -2.14. The maximum Gasteiger partial charge on any atom is 0.164 e. The third kappa shape index (κ3) is 4.87. The highest BCUT2D eigenvalue weighted by Gasteiger charge is 2.35. The highest BCUT2D eigenvalue weighted by atomic mass is 31.1. The predicted molar refractivity (Wildman–Crippen MR) is 237 cm³/mol. The van der Waals surface area contributed by atoms with E-state index in [-0.39, 0.29) is 5.41 Å². The molecule has 0 N–H and O–H groups in total. The van der Waals surface area contributed by atoms with E-state index in [1.807, 2.05) is 0 Å². The summed E-state index contributed by atoms with van der Waals surface area (Å²) < 4.78 is 0. The summed E-state index contributed by atoms with van der Waals surface area (Å²) in [5, 5.41) is 11.7. The van der Waals surface area contributed by atoms with Crippen molar-refractivity contribution in [3.63, 3.8) is 0 Å². The largest absolute Gasteiger partial charge is 0.208 e. The van der Waals surface area contributed by atoms with E-state index < -0.39 is 7.53 Å². The molecule has 1 aliphatic rings. The van der Waals surface area contributed by atoms with E-state index in [1.54, 1.807) is 0 Å². The van der Waals surface area contributed by atoms with Gasteiger partial charge in [-0.3, -0.25) is 0 Å². The minimum atomic E-state index is -0.659. The number of aryl methyl sites for hydroxylation is 2. The van der Waals surface area contributed by atoms with Crippen LogP contribution in [0.2, 0.25) is 0 Å². The Labute approximate surface area is 327 Å². The Morgan fingerprint density at radius 1 is 0.393 bits per heavy atom. The molecule has 2 aromatic heterocycles. The van der Waals surface area contributed by atoms with Crippen molar-refractivity contribution in [3.05, 3.63) is 180 Å². The Hall–Kier alpha value is -6.41. The van der Waals surface area contributed by atoms with Crippen molar-refractivity contribution in [2.45, 2.75) is 33.1 Å². The molecular formula is C52H38N3P. The van der Waals surface area contributed by atoms with Gasteiger partial charge in [-0.1, -0.05) is 155 Å². The minimum absolute atomic E-state index is 0.0784. The van der Waals surface area contributed by atoms with Crippen molar-refractivity contribution >= 4 is 50.1 Å². The Kier molecular flexibility index (Phi) is 7.24. The zero-order valence-electron chi connectivity index (χ0n) is 31.8. The first-order valence-electron chi connectivity index (χ1n) is 19.4. The smallest absolute Gasteiger partial charge is 0.164 e. The molecule has 4 heteroatoms. The van der Waals surface area contributed by atoms with Gasteiger partial charge < -0.3 is 0 Å². The van der Waals surface area contributed by atoms with Gasteiger partial charge in [0.2, 0.25) is 0 Å². The normalized spacial score (nSPS) is 13.5. The fourth-order valence-corrected chi connectivity index (χ4v) is 11.9. The van der Waals surface area contributed by atoms with Gasteiger partial charge in [-0.05, 0) is 109 Å². The number of aromatic nitrogens is 3. The van der Waals surface area contributed by atoms with Crippen molar-refractivity contribution in [1.29, 1.82) is 0 Å². The summed E-state index contributed by atoms with van der Waals surface area (Å²) in [6, 6.07) is 57.6. The molecule has 8 aromatic carbocycles. The zero-order valence-corrected chi connectivity index (χ0v) is 32.7. The van der Waals surface area contributed by atoms with E-state index in [0.717, 1.165) is 16.7 Å². The minimum Gasteiger partial charge on any atom is -0.208 e. The van der Waals surface area contributed by atoms with Crippen molar-refractivity contribution in [2.75, 3.05) is 0 Å². The Bertz CT molecular complexity index is 3250. The summed E-state index contributed by atoms with van der Waals surface area (Å²) in [5.41, 5.74) is 10.7. The molecule has 0 fully saturated rings. The van der Waals surface area contributed by atoms with Gasteiger partial charge in [0.15, 0.2) is 17.5 Å². The third-order valence-electron chi connectivity index (χ3n) is 12.3. The number of hydrogen-bond donors (Lipinski definition) is 0. The van der Waals surface area contributed by atoms with Crippen molar-refractivity contribution in [1.82, 2.24) is 15.0 Å². The van der Waals surface area contributed by atoms with E-state index in [0.29, 0.717) is 17.5 Å². The summed E-state index contributed by atoms with van der Waals surface area (Å²) in [4.78, 5) is 15.9. The second-order valence-electron chi connectivity index (χ2n) is 15.7. The van der Waals surface area contributed by atoms with Gasteiger partial charge in [0.25, 0.3) is 0 Å². The maximum atomic E-state index is 5.29. The van der Waals surface area contributed by atoms with Crippen LogP contribution in [0.1, 0.15) is 36.1 Å². The fraction of sp³-hybridized carbons (Fsp3) is 0.0962. The van der Waals surface area contributed by atoms with Crippen molar-refractivity contribution in [3.8, 4) is 50.6 Å². The Morgan fingerprint density at radius 3 is 1.68 bits per heavy atom. The molecule has 0 saturated carbocycles. The molecule has 0 saturated heterocycles. The standard InChI is InChI=1S/C52H38N3P/c1-31-32(2)42-28-33(22-25-39(42)38-17-9-8-16-37(31)38)49-53-50(34-23-26-46-43(29-34)40-18-10-12-20-45(40)52(46,3)4)55-51(54-49)35-24-27-48-44(30-35)41-19-11-13-21-47(41)56(48)36-14-6-5-7-15-36/h5-30H,1-4H3. The molecular weight excluding hydrogens is 698 g/mol. The Balaban J connectivity index is 1.14. The average molecular weight is 736 g/mol. The fourth-order valence-electron chi connectivity index (χ4n) is 9.27. The molecule has 1 atom stereocenters. The molecule has 2 heterocycles. The molecule has 0 amide bonds. The zero-order chi connectivity index (χ0) is 37.7. The van der Waals surface area contributed by atoms with Gasteiger partial charge in [0.1, 0.15) is 0 Å². The summed E-state index contributed by atoms with van der Waals surface area (Å²) in [6.45, 7) is 9.10. The van der Waals surface area contributed by atoms with Crippen LogP contribution < -0.4 is 0 Å². The van der Waals surface area contributed by atoms with Gasteiger partial charge in [-0.25, -0.2) is 15.0 Å². The SMILES string of the molecule is Cc1c(C)c2cc(-c3nc(-c4ccc5c(c4)-c4ccccc4C5(C)C)nc(-c4ccc5c(c4)c4ccccc4p5-c4ccccc4)n3)ccc2c2ccccc12. The lowest BCUT2D eigenvalue weighted by Gasteiger charge is -2.21. The second kappa shape index (κ2) is 12.3. The monoisotopic (exact) mass is 735 g/mol. The van der Waals surface area contributed by atoms with Crippen molar-refractivity contribution < 1.29 is 0 Å². The number of benzene rings is 8. The molecule has 1 unspecified atom stereocenters.